The van der Waals surface area contributed by atoms with Crippen LogP contribution in [0.4, 0.5) is 0 Å². The first-order valence-electron chi connectivity index (χ1n) is 5.24. The van der Waals surface area contributed by atoms with Crippen LogP contribution in [0.2, 0.25) is 5.02 Å². The molecule has 0 radical (unpaired) electrons. The Bertz CT molecular complexity index is 399. The zero-order valence-corrected chi connectivity index (χ0v) is 9.54. The van der Waals surface area contributed by atoms with Gasteiger partial charge < -0.3 is 9.84 Å². The van der Waals surface area contributed by atoms with E-state index in [1.807, 2.05) is 12.1 Å². The summed E-state index contributed by atoms with van der Waals surface area (Å²) >= 11 is 5.80. The predicted octanol–water partition coefficient (Wildman–Crippen LogP) is 2.97. The molecule has 0 aliphatic heterocycles. The Balaban J connectivity index is 1.83. The number of benzene rings is 1. The average molecular weight is 241 g/mol. The van der Waals surface area contributed by atoms with E-state index in [0.717, 1.165) is 12.8 Å². The molecule has 1 aliphatic carbocycles. The number of carboxylic acid groups (broad SMARTS) is 1. The normalized spacial score (nSPS) is 16.8. The Morgan fingerprint density at radius 1 is 1.50 bits per heavy atom. The molecule has 0 amide bonds. The SMILES string of the molecule is O=C(O)C1(CCOc2cccc(Cl)c2)CC1. The largest absolute Gasteiger partial charge is 0.494 e. The van der Waals surface area contributed by atoms with Gasteiger partial charge in [-0.25, -0.2) is 0 Å². The van der Waals surface area contributed by atoms with Crippen molar-refractivity contribution in [1.82, 2.24) is 0 Å². The molecular formula is C12H13ClO3. The van der Waals surface area contributed by atoms with E-state index >= 15 is 0 Å². The van der Waals surface area contributed by atoms with Gasteiger partial charge in [0.15, 0.2) is 0 Å². The van der Waals surface area contributed by atoms with Gasteiger partial charge in [-0.3, -0.25) is 4.79 Å². The Morgan fingerprint density at radius 3 is 2.81 bits per heavy atom. The quantitative estimate of drug-likeness (QED) is 0.861. The molecule has 1 fully saturated rings. The van der Waals surface area contributed by atoms with Crippen LogP contribution in [0.5, 0.6) is 5.75 Å². The molecule has 4 heteroatoms. The van der Waals surface area contributed by atoms with Crippen LogP contribution in [0.25, 0.3) is 0 Å². The third kappa shape index (κ3) is 2.47. The summed E-state index contributed by atoms with van der Waals surface area (Å²) in [6.07, 6.45) is 2.09. The number of ether oxygens (including phenoxy) is 1. The zero-order valence-electron chi connectivity index (χ0n) is 8.78. The van der Waals surface area contributed by atoms with E-state index in [2.05, 4.69) is 0 Å². The second-order valence-corrected chi connectivity index (χ2v) is 4.58. The smallest absolute Gasteiger partial charge is 0.309 e. The molecule has 0 spiro atoms. The molecule has 0 bridgehead atoms. The predicted molar refractivity (Wildman–Crippen MR) is 60.9 cm³/mol. The summed E-state index contributed by atoms with van der Waals surface area (Å²) in [6, 6.07) is 7.11. The molecule has 1 N–H and O–H groups in total. The summed E-state index contributed by atoms with van der Waals surface area (Å²) in [5.74, 6) is -0.0177. The van der Waals surface area contributed by atoms with Gasteiger partial charge in [0.05, 0.1) is 12.0 Å². The fourth-order valence-corrected chi connectivity index (χ4v) is 1.82. The number of carbonyl (C=O) groups is 1. The molecular weight excluding hydrogens is 228 g/mol. The molecule has 0 saturated heterocycles. The first-order chi connectivity index (χ1) is 7.62. The first-order valence-corrected chi connectivity index (χ1v) is 5.62. The molecule has 0 aromatic heterocycles. The number of hydrogen-bond acceptors (Lipinski definition) is 2. The van der Waals surface area contributed by atoms with Crippen LogP contribution in [-0.4, -0.2) is 17.7 Å². The van der Waals surface area contributed by atoms with Gasteiger partial charge in [0, 0.05) is 5.02 Å². The molecule has 2 rings (SSSR count). The van der Waals surface area contributed by atoms with Crippen LogP contribution in [-0.2, 0) is 4.79 Å². The maximum Gasteiger partial charge on any atom is 0.309 e. The lowest BCUT2D eigenvalue weighted by Gasteiger charge is -2.10. The lowest BCUT2D eigenvalue weighted by molar-refractivity contribution is -0.143. The van der Waals surface area contributed by atoms with Crippen molar-refractivity contribution in [2.75, 3.05) is 6.61 Å². The minimum absolute atomic E-state index is 0.423. The lowest BCUT2D eigenvalue weighted by Crippen LogP contribution is -2.17. The maximum atomic E-state index is 10.9. The lowest BCUT2D eigenvalue weighted by atomic mass is 10.0. The van der Waals surface area contributed by atoms with E-state index < -0.39 is 11.4 Å². The van der Waals surface area contributed by atoms with Crippen molar-refractivity contribution in [3.8, 4) is 5.75 Å². The maximum absolute atomic E-state index is 10.9. The van der Waals surface area contributed by atoms with E-state index in [1.165, 1.54) is 0 Å². The van der Waals surface area contributed by atoms with Crippen LogP contribution in [0.15, 0.2) is 24.3 Å². The highest BCUT2D eigenvalue weighted by Crippen LogP contribution is 2.48. The van der Waals surface area contributed by atoms with E-state index in [4.69, 9.17) is 21.4 Å². The first kappa shape index (κ1) is 11.3. The van der Waals surface area contributed by atoms with Gasteiger partial charge >= 0.3 is 5.97 Å². The van der Waals surface area contributed by atoms with Crippen LogP contribution < -0.4 is 4.74 Å². The van der Waals surface area contributed by atoms with Gasteiger partial charge in [0.25, 0.3) is 0 Å². The van der Waals surface area contributed by atoms with Crippen LogP contribution >= 0.6 is 11.6 Å². The van der Waals surface area contributed by atoms with Gasteiger partial charge in [-0.05, 0) is 37.5 Å². The van der Waals surface area contributed by atoms with Gasteiger partial charge in [0.1, 0.15) is 5.75 Å². The summed E-state index contributed by atoms with van der Waals surface area (Å²) in [5.41, 5.74) is -0.515. The van der Waals surface area contributed by atoms with Crippen molar-refractivity contribution >= 4 is 17.6 Å². The highest BCUT2D eigenvalue weighted by Gasteiger charge is 2.49. The second kappa shape index (κ2) is 4.34. The van der Waals surface area contributed by atoms with Crippen molar-refractivity contribution in [2.45, 2.75) is 19.3 Å². The molecule has 1 aliphatic rings. The minimum Gasteiger partial charge on any atom is -0.494 e. The molecule has 86 valence electrons. The molecule has 16 heavy (non-hydrogen) atoms. The van der Waals surface area contributed by atoms with E-state index in [1.54, 1.807) is 12.1 Å². The standard InChI is InChI=1S/C12H13ClO3/c13-9-2-1-3-10(8-9)16-7-6-12(4-5-12)11(14)15/h1-3,8H,4-7H2,(H,14,15). The highest BCUT2D eigenvalue weighted by atomic mass is 35.5. The van der Waals surface area contributed by atoms with Crippen molar-refractivity contribution in [3.63, 3.8) is 0 Å². The number of carboxylic acids is 1. The summed E-state index contributed by atoms with van der Waals surface area (Å²) in [6.45, 7) is 0.423. The fourth-order valence-electron chi connectivity index (χ4n) is 1.64. The second-order valence-electron chi connectivity index (χ2n) is 4.14. The van der Waals surface area contributed by atoms with Crippen LogP contribution in [0.1, 0.15) is 19.3 Å². The highest BCUT2D eigenvalue weighted by molar-refractivity contribution is 6.30. The Morgan fingerprint density at radius 2 is 2.25 bits per heavy atom. The number of aliphatic carboxylic acids is 1. The van der Waals surface area contributed by atoms with Crippen molar-refractivity contribution in [2.24, 2.45) is 5.41 Å². The van der Waals surface area contributed by atoms with Gasteiger partial charge in [-0.1, -0.05) is 17.7 Å². The summed E-state index contributed by atoms with van der Waals surface area (Å²) in [5, 5.41) is 9.59. The zero-order chi connectivity index (χ0) is 11.6. The molecule has 3 nitrogen and oxygen atoms in total. The third-order valence-corrected chi connectivity index (χ3v) is 3.19. The Labute approximate surface area is 99.0 Å². The molecule has 1 saturated carbocycles. The number of hydrogen-bond donors (Lipinski definition) is 1. The topological polar surface area (TPSA) is 46.5 Å². The Kier molecular flexibility index (Phi) is 3.06. The summed E-state index contributed by atoms with van der Waals surface area (Å²) < 4.78 is 5.47. The van der Waals surface area contributed by atoms with Crippen LogP contribution in [0, 0.1) is 5.41 Å². The molecule has 1 aromatic carbocycles. The fraction of sp³-hybridized carbons (Fsp3) is 0.417. The van der Waals surface area contributed by atoms with Gasteiger partial charge in [-0.2, -0.15) is 0 Å². The van der Waals surface area contributed by atoms with Crippen molar-refractivity contribution in [3.05, 3.63) is 29.3 Å². The molecule has 0 atom stereocenters. The average Bonchev–Trinajstić information content (AvgIpc) is 2.99. The van der Waals surface area contributed by atoms with Gasteiger partial charge in [0.2, 0.25) is 0 Å². The number of halogens is 1. The molecule has 0 unspecified atom stereocenters. The minimum atomic E-state index is -0.706. The van der Waals surface area contributed by atoms with Crippen LogP contribution in [0.3, 0.4) is 0 Å². The summed E-state index contributed by atoms with van der Waals surface area (Å²) in [4.78, 5) is 10.9. The van der Waals surface area contributed by atoms with Gasteiger partial charge in [-0.15, -0.1) is 0 Å². The van der Waals surface area contributed by atoms with Crippen molar-refractivity contribution in [1.29, 1.82) is 0 Å². The van der Waals surface area contributed by atoms with Crippen molar-refractivity contribution < 1.29 is 14.6 Å². The Hall–Kier alpha value is -1.22. The third-order valence-electron chi connectivity index (χ3n) is 2.95. The summed E-state index contributed by atoms with van der Waals surface area (Å²) in [7, 11) is 0. The molecule has 1 aromatic rings. The number of rotatable bonds is 5. The van der Waals surface area contributed by atoms with E-state index in [-0.39, 0.29) is 0 Å². The van der Waals surface area contributed by atoms with E-state index in [9.17, 15) is 4.79 Å². The monoisotopic (exact) mass is 240 g/mol. The molecule has 0 heterocycles. The van der Waals surface area contributed by atoms with E-state index in [0.29, 0.717) is 23.8 Å².